The van der Waals surface area contributed by atoms with Gasteiger partial charge in [-0.2, -0.15) is 0 Å². The van der Waals surface area contributed by atoms with Crippen molar-refractivity contribution in [2.45, 2.75) is 25.9 Å². The van der Waals surface area contributed by atoms with E-state index >= 15 is 0 Å². The second-order valence-corrected chi connectivity index (χ2v) is 8.32. The lowest BCUT2D eigenvalue weighted by molar-refractivity contribution is -0.114. The molecule has 5 rings (SSSR count). The van der Waals surface area contributed by atoms with Gasteiger partial charge in [0.2, 0.25) is 0 Å². The molecule has 0 bridgehead atoms. The van der Waals surface area contributed by atoms with Crippen LogP contribution in [0.4, 0.5) is 5.82 Å². The Kier molecular flexibility index (Phi) is 6.07. The molecule has 0 fully saturated rings. The molecular formula is C28H28N2O4. The summed E-state index contributed by atoms with van der Waals surface area (Å²) in [6.07, 6.45) is 5.08. The number of anilines is 1. The fourth-order valence-corrected chi connectivity index (χ4v) is 4.96. The van der Waals surface area contributed by atoms with Crippen LogP contribution in [0.2, 0.25) is 0 Å². The Labute approximate surface area is 199 Å². The number of hydrogen-bond acceptors (Lipinski definition) is 5. The van der Waals surface area contributed by atoms with Crippen molar-refractivity contribution in [3.63, 3.8) is 0 Å². The van der Waals surface area contributed by atoms with Gasteiger partial charge in [-0.15, -0.1) is 0 Å². The van der Waals surface area contributed by atoms with Crippen LogP contribution in [0.3, 0.4) is 0 Å². The topological polar surface area (TPSA) is 60.9 Å². The zero-order valence-electron chi connectivity index (χ0n) is 19.7. The summed E-state index contributed by atoms with van der Waals surface area (Å²) in [6.45, 7) is 3.10. The third kappa shape index (κ3) is 3.74. The monoisotopic (exact) mass is 456 g/mol. The van der Waals surface area contributed by atoms with E-state index in [9.17, 15) is 4.79 Å². The van der Waals surface area contributed by atoms with Crippen molar-refractivity contribution in [1.29, 1.82) is 0 Å². The minimum absolute atomic E-state index is 0.0327. The molecule has 2 aromatic carbocycles. The number of ether oxygens (including phenoxy) is 3. The second kappa shape index (κ2) is 9.31. The molecule has 1 unspecified atom stereocenters. The van der Waals surface area contributed by atoms with Crippen molar-refractivity contribution >= 4 is 23.4 Å². The van der Waals surface area contributed by atoms with Crippen molar-refractivity contribution in [1.82, 2.24) is 4.98 Å². The first-order chi connectivity index (χ1) is 16.7. The zero-order chi connectivity index (χ0) is 23.7. The number of nitrogens with zero attached hydrogens (tertiary/aromatic N) is 2. The van der Waals surface area contributed by atoms with Gasteiger partial charge in [0.05, 0.1) is 25.9 Å². The minimum Gasteiger partial charge on any atom is -0.493 e. The second-order valence-electron chi connectivity index (χ2n) is 8.32. The van der Waals surface area contributed by atoms with Crippen LogP contribution >= 0.6 is 0 Å². The summed E-state index contributed by atoms with van der Waals surface area (Å²) >= 11 is 0. The van der Waals surface area contributed by atoms with E-state index in [2.05, 4.69) is 17.1 Å². The molecule has 174 valence electrons. The molecule has 3 aromatic rings. The van der Waals surface area contributed by atoms with Gasteiger partial charge in [-0.25, -0.2) is 4.98 Å². The van der Waals surface area contributed by atoms with Gasteiger partial charge >= 0.3 is 0 Å². The number of carbonyl (C=O) groups is 1. The predicted octanol–water partition coefficient (Wildman–Crippen LogP) is 3.10. The molecule has 1 aliphatic carbocycles. The lowest BCUT2D eigenvalue weighted by Crippen LogP contribution is -2.44. The first kappa shape index (κ1) is 22.2. The van der Waals surface area contributed by atoms with Crippen LogP contribution in [0.1, 0.15) is 18.9 Å². The van der Waals surface area contributed by atoms with E-state index < -0.39 is 0 Å². The van der Waals surface area contributed by atoms with E-state index in [4.69, 9.17) is 14.2 Å². The van der Waals surface area contributed by atoms with Gasteiger partial charge < -0.3 is 14.2 Å². The van der Waals surface area contributed by atoms with Crippen molar-refractivity contribution in [3.8, 4) is 22.6 Å². The molecule has 34 heavy (non-hydrogen) atoms. The quantitative estimate of drug-likeness (QED) is 0.571. The van der Waals surface area contributed by atoms with Crippen molar-refractivity contribution in [2.75, 3.05) is 32.3 Å². The van der Waals surface area contributed by atoms with Crippen LogP contribution in [0.25, 0.3) is 22.8 Å². The maximum absolute atomic E-state index is 14.0. The van der Waals surface area contributed by atoms with E-state index in [1.165, 1.54) is 0 Å². The smallest absolute Gasteiger partial charge is 0.258 e. The van der Waals surface area contributed by atoms with Crippen molar-refractivity contribution < 1.29 is 19.0 Å². The minimum atomic E-state index is -0.259. The zero-order valence-corrected chi connectivity index (χ0v) is 19.7. The third-order valence-electron chi connectivity index (χ3n) is 6.54. The Morgan fingerprint density at radius 1 is 1.09 bits per heavy atom. The van der Waals surface area contributed by atoms with Gasteiger partial charge in [-0.05, 0) is 59.5 Å². The summed E-state index contributed by atoms with van der Waals surface area (Å²) in [7, 11) is 3.25. The average Bonchev–Trinajstić information content (AvgIpc) is 3.32. The Hall–Kier alpha value is -3.64. The Balaban J connectivity index is 1.58. The maximum Gasteiger partial charge on any atom is 0.258 e. The van der Waals surface area contributed by atoms with Gasteiger partial charge in [0, 0.05) is 24.9 Å². The summed E-state index contributed by atoms with van der Waals surface area (Å²) in [6, 6.07) is 15.9. The van der Waals surface area contributed by atoms with Gasteiger partial charge in [0.25, 0.3) is 5.91 Å². The first-order valence-corrected chi connectivity index (χ1v) is 11.6. The number of hydrogen-bond donors (Lipinski definition) is 0. The number of benzene rings is 2. The van der Waals surface area contributed by atoms with Crippen LogP contribution in [0.15, 0.2) is 54.7 Å². The fraction of sp³-hybridized carbons (Fsp3) is 0.286. The Morgan fingerprint density at radius 2 is 1.91 bits per heavy atom. The van der Waals surface area contributed by atoms with Gasteiger partial charge in [0.15, 0.2) is 11.5 Å². The molecule has 0 saturated heterocycles. The molecule has 0 saturated carbocycles. The highest BCUT2D eigenvalue weighted by Crippen LogP contribution is 2.38. The van der Waals surface area contributed by atoms with Crippen LogP contribution < -0.4 is 24.8 Å². The molecule has 6 heteroatoms. The molecule has 0 spiro atoms. The molecule has 2 aliphatic rings. The molecule has 2 heterocycles. The van der Waals surface area contributed by atoms with Crippen LogP contribution in [0, 0.1) is 0 Å². The van der Waals surface area contributed by atoms with Crippen LogP contribution in [0.5, 0.6) is 11.5 Å². The number of aromatic nitrogens is 1. The van der Waals surface area contributed by atoms with Gasteiger partial charge in [-0.1, -0.05) is 36.4 Å². The Bertz CT molecular complexity index is 1370. The van der Waals surface area contributed by atoms with E-state index in [-0.39, 0.29) is 12.0 Å². The maximum atomic E-state index is 14.0. The Morgan fingerprint density at radius 3 is 2.71 bits per heavy atom. The largest absolute Gasteiger partial charge is 0.493 e. The van der Waals surface area contributed by atoms with E-state index in [0.717, 1.165) is 33.5 Å². The van der Waals surface area contributed by atoms with Gasteiger partial charge in [-0.3, -0.25) is 9.69 Å². The standard InChI is InChI=1S/C28H28N2O4/c1-4-34-24-12-9-18-7-5-6-8-21(18)26(24)28(31)30-16-14-22-20(13-15-29-27(22)30)19-10-11-23(32-2)25(17-19)33-3/h5-11,13,15,17,24H,4,12,14,16H2,1-3H3. The number of methoxy groups -OCH3 is 2. The van der Waals surface area contributed by atoms with Gasteiger partial charge in [0.1, 0.15) is 5.82 Å². The summed E-state index contributed by atoms with van der Waals surface area (Å²) in [5.41, 5.74) is 3.83. The highest BCUT2D eigenvalue weighted by atomic mass is 16.5. The molecule has 0 N–H and O–H groups in total. The number of rotatable bonds is 6. The molecule has 6 nitrogen and oxygen atoms in total. The number of amides is 1. The summed E-state index contributed by atoms with van der Waals surface area (Å²) in [5.74, 6) is 2.03. The van der Waals surface area contributed by atoms with E-state index in [1.807, 2.05) is 54.3 Å². The van der Waals surface area contributed by atoms with Crippen LogP contribution in [-0.2, 0) is 16.0 Å². The highest BCUT2D eigenvalue weighted by molar-refractivity contribution is 6.23. The highest BCUT2D eigenvalue weighted by Gasteiger charge is 2.34. The SMILES string of the molecule is CCOC1CC=c2ccccc2=C1C(=O)N1CCc2c(-c3ccc(OC)c(OC)c3)ccnc21. The molecule has 1 aliphatic heterocycles. The lowest BCUT2D eigenvalue weighted by Gasteiger charge is -2.26. The summed E-state index contributed by atoms with van der Waals surface area (Å²) in [4.78, 5) is 20.4. The van der Waals surface area contributed by atoms with Crippen molar-refractivity contribution in [2.24, 2.45) is 0 Å². The number of pyridine rings is 1. The molecule has 1 atom stereocenters. The van der Waals surface area contributed by atoms with Crippen LogP contribution in [-0.4, -0.2) is 44.4 Å². The molecule has 1 aromatic heterocycles. The predicted molar refractivity (Wildman–Crippen MR) is 132 cm³/mol. The summed E-state index contributed by atoms with van der Waals surface area (Å²) in [5, 5.41) is 2.02. The number of carbonyl (C=O) groups excluding carboxylic acids is 1. The number of fused-ring (bicyclic) bond motifs is 2. The normalized spacial score (nSPS) is 16.5. The van der Waals surface area contributed by atoms with Crippen molar-refractivity contribution in [3.05, 3.63) is 70.7 Å². The molecule has 0 radical (unpaired) electrons. The van der Waals surface area contributed by atoms with E-state index in [1.54, 1.807) is 20.4 Å². The molecular weight excluding hydrogens is 428 g/mol. The summed E-state index contributed by atoms with van der Waals surface area (Å²) < 4.78 is 16.9. The average molecular weight is 457 g/mol. The van der Waals surface area contributed by atoms with E-state index in [0.29, 0.717) is 42.5 Å². The molecule has 1 amide bonds. The first-order valence-electron chi connectivity index (χ1n) is 11.6. The lowest BCUT2D eigenvalue weighted by atomic mass is 9.95. The third-order valence-corrected chi connectivity index (χ3v) is 6.54. The fourth-order valence-electron chi connectivity index (χ4n) is 4.96.